The highest BCUT2D eigenvalue weighted by Gasteiger charge is 2.46. The Morgan fingerprint density at radius 2 is 1.57 bits per heavy atom. The topological polar surface area (TPSA) is 26.3 Å². The van der Waals surface area contributed by atoms with Crippen LogP contribution in [0.5, 0.6) is 0 Å². The molecule has 148 valence electrons. The largest absolute Gasteiger partial charge is 0.357 e. The number of halogens is 1. The van der Waals surface area contributed by atoms with Gasteiger partial charge < -0.3 is 4.74 Å². The maximum absolute atomic E-state index is 13.3. The van der Waals surface area contributed by atoms with Crippen molar-refractivity contribution in [1.29, 1.82) is 0 Å². The highest BCUT2D eigenvalue weighted by atomic mass is 19.1. The highest BCUT2D eigenvalue weighted by Crippen LogP contribution is 2.43. The number of Topliss-reactive ketones (excluding diaryl/α,β-unsaturated/α-hetero) is 1. The number of hydrogen-bond donors (Lipinski definition) is 0. The maximum atomic E-state index is 13.3. The predicted octanol–water partition coefficient (Wildman–Crippen LogP) is 6.38. The summed E-state index contributed by atoms with van der Waals surface area (Å²) in [6.07, 6.45) is 1.60. The molecule has 1 aliphatic rings. The lowest BCUT2D eigenvalue weighted by atomic mass is 9.76. The van der Waals surface area contributed by atoms with E-state index in [0.717, 1.165) is 46.2 Å². The van der Waals surface area contributed by atoms with Crippen LogP contribution in [0.4, 0.5) is 4.39 Å². The summed E-state index contributed by atoms with van der Waals surface area (Å²) >= 11 is 0. The lowest BCUT2D eigenvalue weighted by molar-refractivity contribution is -0.155. The molecule has 2 aromatic carbocycles. The van der Waals surface area contributed by atoms with Gasteiger partial charge in [0.15, 0.2) is 5.78 Å². The Morgan fingerprint density at radius 1 is 0.964 bits per heavy atom. The minimum Gasteiger partial charge on any atom is -0.357 e. The number of ketones is 1. The molecule has 2 nitrogen and oxygen atoms in total. The van der Waals surface area contributed by atoms with Crippen molar-refractivity contribution < 1.29 is 13.9 Å². The summed E-state index contributed by atoms with van der Waals surface area (Å²) in [6, 6.07) is 12.7. The van der Waals surface area contributed by atoms with Gasteiger partial charge in [0.1, 0.15) is 11.4 Å². The van der Waals surface area contributed by atoms with E-state index in [9.17, 15) is 9.18 Å². The minimum absolute atomic E-state index is 0.0279. The molecule has 1 aliphatic heterocycles. The van der Waals surface area contributed by atoms with Gasteiger partial charge in [-0.3, -0.25) is 4.79 Å². The number of ether oxygens (including phenoxy) is 1. The van der Waals surface area contributed by atoms with E-state index in [0.29, 0.717) is 0 Å². The monoisotopic (exact) mass is 380 g/mol. The maximum Gasteiger partial charge on any atom is 0.194 e. The molecule has 0 saturated carbocycles. The van der Waals surface area contributed by atoms with E-state index in [1.54, 1.807) is 12.1 Å². The molecule has 28 heavy (non-hydrogen) atoms. The first-order chi connectivity index (χ1) is 13.1. The van der Waals surface area contributed by atoms with Gasteiger partial charge >= 0.3 is 0 Å². The Balaban J connectivity index is 2.17. The predicted molar refractivity (Wildman–Crippen MR) is 113 cm³/mol. The van der Waals surface area contributed by atoms with Gasteiger partial charge in [0.25, 0.3) is 0 Å². The van der Waals surface area contributed by atoms with Crippen LogP contribution in [0.3, 0.4) is 0 Å². The molecule has 3 rings (SSSR count). The van der Waals surface area contributed by atoms with Crippen LogP contribution in [0.15, 0.2) is 48.0 Å². The SMILES string of the molecule is CCc1cc(-c2ccc(F)cc2)ccc1C1=C(C)C(C)(CC)OC(C)(C)C1=O. The van der Waals surface area contributed by atoms with Crippen LogP contribution < -0.4 is 0 Å². The standard InChI is InChI=1S/C25H29FO2/c1-7-17-15-19(18-9-12-20(26)13-10-18)11-14-21(17)22-16(3)25(6,8-2)28-24(4,5)23(22)27/h9-15H,7-8H2,1-6H3. The van der Waals surface area contributed by atoms with Crippen molar-refractivity contribution in [2.45, 2.75) is 65.6 Å². The van der Waals surface area contributed by atoms with E-state index >= 15 is 0 Å². The molecule has 0 aliphatic carbocycles. The number of carbonyl (C=O) groups is 1. The van der Waals surface area contributed by atoms with Gasteiger partial charge in [-0.2, -0.15) is 0 Å². The Bertz CT molecular complexity index is 938. The normalized spacial score (nSPS) is 21.9. The van der Waals surface area contributed by atoms with E-state index < -0.39 is 11.2 Å². The van der Waals surface area contributed by atoms with Crippen LogP contribution in [0.1, 0.15) is 59.1 Å². The van der Waals surface area contributed by atoms with Crippen molar-refractivity contribution in [3.05, 3.63) is 65.0 Å². The number of aryl methyl sites for hydroxylation is 1. The minimum atomic E-state index is -0.861. The van der Waals surface area contributed by atoms with E-state index in [4.69, 9.17) is 4.74 Å². The molecule has 1 atom stereocenters. The van der Waals surface area contributed by atoms with Crippen LogP contribution in [0.2, 0.25) is 0 Å². The first kappa shape index (κ1) is 20.5. The van der Waals surface area contributed by atoms with Crippen LogP contribution in [-0.2, 0) is 16.0 Å². The summed E-state index contributed by atoms with van der Waals surface area (Å²) in [5, 5.41) is 0. The molecule has 0 bridgehead atoms. The van der Waals surface area contributed by atoms with E-state index in [1.807, 2.05) is 32.9 Å². The van der Waals surface area contributed by atoms with Crippen molar-refractivity contribution in [3.63, 3.8) is 0 Å². The fourth-order valence-electron chi connectivity index (χ4n) is 4.04. The Labute approximate surface area is 167 Å². The number of rotatable bonds is 4. The van der Waals surface area contributed by atoms with Crippen molar-refractivity contribution in [2.24, 2.45) is 0 Å². The third-order valence-electron chi connectivity index (χ3n) is 6.03. The van der Waals surface area contributed by atoms with Crippen LogP contribution >= 0.6 is 0 Å². The smallest absolute Gasteiger partial charge is 0.194 e. The second kappa shape index (κ2) is 7.29. The average molecular weight is 381 g/mol. The van der Waals surface area contributed by atoms with Crippen molar-refractivity contribution >= 4 is 11.4 Å². The molecule has 0 spiro atoms. The van der Waals surface area contributed by atoms with Gasteiger partial charge in [-0.05, 0) is 80.5 Å². The molecule has 0 N–H and O–H groups in total. The van der Waals surface area contributed by atoms with Crippen molar-refractivity contribution in [2.75, 3.05) is 0 Å². The first-order valence-corrected chi connectivity index (χ1v) is 9.98. The van der Waals surface area contributed by atoms with Crippen LogP contribution in [0, 0.1) is 5.82 Å². The van der Waals surface area contributed by atoms with Gasteiger partial charge in [0, 0.05) is 5.57 Å². The molecule has 2 aromatic rings. The molecular formula is C25H29FO2. The second-order valence-corrected chi connectivity index (χ2v) is 8.26. The van der Waals surface area contributed by atoms with Crippen LogP contribution in [-0.4, -0.2) is 17.0 Å². The van der Waals surface area contributed by atoms with Gasteiger partial charge in [0.05, 0.1) is 5.60 Å². The van der Waals surface area contributed by atoms with Crippen molar-refractivity contribution in [3.8, 4) is 11.1 Å². The van der Waals surface area contributed by atoms with Crippen LogP contribution in [0.25, 0.3) is 16.7 Å². The summed E-state index contributed by atoms with van der Waals surface area (Å²) in [4.78, 5) is 13.3. The van der Waals surface area contributed by atoms with E-state index in [1.165, 1.54) is 12.1 Å². The molecule has 1 heterocycles. The molecule has 0 aromatic heterocycles. The molecule has 1 unspecified atom stereocenters. The third-order valence-corrected chi connectivity index (χ3v) is 6.03. The molecule has 3 heteroatoms. The van der Waals surface area contributed by atoms with E-state index in [2.05, 4.69) is 26.8 Å². The Kier molecular flexibility index (Phi) is 5.33. The van der Waals surface area contributed by atoms with E-state index in [-0.39, 0.29) is 11.6 Å². The number of hydrogen-bond acceptors (Lipinski definition) is 2. The Morgan fingerprint density at radius 3 is 2.14 bits per heavy atom. The summed E-state index contributed by atoms with van der Waals surface area (Å²) in [5.41, 5.74) is 4.52. The first-order valence-electron chi connectivity index (χ1n) is 9.98. The zero-order chi connectivity index (χ0) is 20.7. The number of carbonyl (C=O) groups excluding carboxylic acids is 1. The lowest BCUT2D eigenvalue weighted by Gasteiger charge is -2.44. The fourth-order valence-corrected chi connectivity index (χ4v) is 4.04. The zero-order valence-electron chi connectivity index (χ0n) is 17.7. The Hall–Kier alpha value is -2.26. The summed E-state index contributed by atoms with van der Waals surface area (Å²) < 4.78 is 19.5. The van der Waals surface area contributed by atoms with Gasteiger partial charge in [-0.25, -0.2) is 4.39 Å². The molecule has 0 saturated heterocycles. The van der Waals surface area contributed by atoms with Gasteiger partial charge in [-0.15, -0.1) is 0 Å². The summed E-state index contributed by atoms with van der Waals surface area (Å²) in [5.74, 6) is -0.217. The third kappa shape index (κ3) is 3.44. The molecule has 0 fully saturated rings. The highest BCUT2D eigenvalue weighted by molar-refractivity contribution is 6.26. The quantitative estimate of drug-likeness (QED) is 0.615. The molecule has 0 amide bonds. The van der Waals surface area contributed by atoms with Crippen molar-refractivity contribution in [1.82, 2.24) is 0 Å². The fraction of sp³-hybridized carbons (Fsp3) is 0.400. The average Bonchev–Trinajstić information content (AvgIpc) is 2.67. The second-order valence-electron chi connectivity index (χ2n) is 8.26. The zero-order valence-corrected chi connectivity index (χ0v) is 17.7. The summed E-state index contributed by atoms with van der Waals surface area (Å²) in [7, 11) is 0. The number of benzene rings is 2. The lowest BCUT2D eigenvalue weighted by Crippen LogP contribution is -2.50. The molecule has 0 radical (unpaired) electrons. The van der Waals surface area contributed by atoms with Gasteiger partial charge in [-0.1, -0.05) is 44.2 Å². The molecular weight excluding hydrogens is 351 g/mol. The summed E-state index contributed by atoms with van der Waals surface area (Å²) in [6.45, 7) is 12.0. The van der Waals surface area contributed by atoms with Gasteiger partial charge in [0.2, 0.25) is 0 Å².